The molecule has 4 rings (SSSR count). The maximum Gasteiger partial charge on any atom is 0.225 e. The minimum absolute atomic E-state index is 0.00148. The average Bonchev–Trinajstić information content (AvgIpc) is 3.01. The van der Waals surface area contributed by atoms with E-state index >= 15 is 0 Å². The van der Waals surface area contributed by atoms with Crippen molar-refractivity contribution >= 4 is 22.4 Å². The molecular weight excluding hydrogens is 362 g/mol. The summed E-state index contributed by atoms with van der Waals surface area (Å²) in [5, 5.41) is 12.0. The average molecular weight is 394 g/mol. The summed E-state index contributed by atoms with van der Waals surface area (Å²) in [6.07, 6.45) is 2.36. The highest BCUT2D eigenvalue weighted by Gasteiger charge is 2.54. The summed E-state index contributed by atoms with van der Waals surface area (Å²) in [4.78, 5) is 20.7. The minimum atomic E-state index is -0.491. The standard InChI is InChI=1S/C20H31N3O3S/c1-11(18(25)23-6-8-26-9-7-23)13-4-5-20(3)10-14-16(22-19(21)27-14)12(2)15(20)17(13)24/h11-13,15,17,24H,4-10H2,1-3H3,(H2,21,22)/t11-,12+,13+,15+,17-,20+/m0/s1. The van der Waals surface area contributed by atoms with Crippen molar-refractivity contribution in [3.63, 3.8) is 0 Å². The van der Waals surface area contributed by atoms with Crippen molar-refractivity contribution in [3.8, 4) is 0 Å². The highest BCUT2D eigenvalue weighted by atomic mass is 32.1. The Morgan fingerprint density at radius 3 is 2.85 bits per heavy atom. The summed E-state index contributed by atoms with van der Waals surface area (Å²) in [6.45, 7) is 8.99. The molecule has 0 unspecified atom stereocenters. The second-order valence-electron chi connectivity index (χ2n) is 8.93. The number of nitrogens with two attached hydrogens (primary N) is 1. The van der Waals surface area contributed by atoms with E-state index < -0.39 is 6.10 Å². The van der Waals surface area contributed by atoms with Crippen LogP contribution in [0.25, 0.3) is 0 Å². The maximum atomic E-state index is 13.0. The van der Waals surface area contributed by atoms with E-state index in [2.05, 4.69) is 18.8 Å². The van der Waals surface area contributed by atoms with Crippen LogP contribution in [0.15, 0.2) is 0 Å². The van der Waals surface area contributed by atoms with Crippen LogP contribution in [0.4, 0.5) is 5.13 Å². The van der Waals surface area contributed by atoms with Gasteiger partial charge in [0.2, 0.25) is 5.91 Å². The number of carbonyl (C=O) groups excluding carboxylic acids is 1. The van der Waals surface area contributed by atoms with Crippen molar-refractivity contribution in [2.45, 2.75) is 52.1 Å². The fourth-order valence-electron chi connectivity index (χ4n) is 5.82. The largest absolute Gasteiger partial charge is 0.392 e. The Morgan fingerprint density at radius 2 is 2.15 bits per heavy atom. The van der Waals surface area contributed by atoms with Crippen LogP contribution in [0.2, 0.25) is 0 Å². The lowest BCUT2D eigenvalue weighted by Gasteiger charge is -2.53. The van der Waals surface area contributed by atoms with E-state index in [9.17, 15) is 9.90 Å². The lowest BCUT2D eigenvalue weighted by molar-refractivity contribution is -0.148. The lowest BCUT2D eigenvalue weighted by atomic mass is 9.53. The predicted molar refractivity (Wildman–Crippen MR) is 106 cm³/mol. The molecule has 0 spiro atoms. The van der Waals surface area contributed by atoms with Crippen LogP contribution in [0.1, 0.15) is 50.1 Å². The van der Waals surface area contributed by atoms with Gasteiger partial charge in [-0.25, -0.2) is 4.98 Å². The van der Waals surface area contributed by atoms with Gasteiger partial charge < -0.3 is 20.5 Å². The Hall–Kier alpha value is -1.18. The molecule has 6 atom stereocenters. The topological polar surface area (TPSA) is 88.7 Å². The molecule has 1 amide bonds. The molecular formula is C20H31N3O3S. The van der Waals surface area contributed by atoms with Gasteiger partial charge in [-0.15, -0.1) is 11.3 Å². The van der Waals surface area contributed by atoms with E-state index in [-0.39, 0.29) is 35.0 Å². The molecule has 2 aliphatic carbocycles. The summed E-state index contributed by atoms with van der Waals surface area (Å²) in [6, 6.07) is 0. The van der Waals surface area contributed by atoms with Gasteiger partial charge in [-0.1, -0.05) is 20.8 Å². The van der Waals surface area contributed by atoms with Crippen LogP contribution in [-0.4, -0.2) is 53.3 Å². The zero-order valence-electron chi connectivity index (χ0n) is 16.5. The highest BCUT2D eigenvalue weighted by Crippen LogP contribution is 2.57. The molecule has 1 aromatic heterocycles. The van der Waals surface area contributed by atoms with Crippen molar-refractivity contribution in [3.05, 3.63) is 10.6 Å². The fraction of sp³-hybridized carbons (Fsp3) is 0.800. The van der Waals surface area contributed by atoms with Gasteiger partial charge >= 0.3 is 0 Å². The second-order valence-corrected chi connectivity index (χ2v) is 10.0. The molecule has 0 radical (unpaired) electrons. The Morgan fingerprint density at radius 1 is 1.44 bits per heavy atom. The van der Waals surface area contributed by atoms with Crippen LogP contribution in [-0.2, 0) is 16.0 Å². The summed E-state index contributed by atoms with van der Waals surface area (Å²) in [5.74, 6) is 0.268. The summed E-state index contributed by atoms with van der Waals surface area (Å²) < 4.78 is 5.37. The molecule has 3 aliphatic rings. The first-order valence-electron chi connectivity index (χ1n) is 10.1. The van der Waals surface area contributed by atoms with Crippen LogP contribution in [0.3, 0.4) is 0 Å². The van der Waals surface area contributed by atoms with Gasteiger partial charge in [0.15, 0.2) is 5.13 Å². The van der Waals surface area contributed by atoms with Gasteiger partial charge in [-0.3, -0.25) is 4.79 Å². The first-order chi connectivity index (χ1) is 12.8. The van der Waals surface area contributed by atoms with Gasteiger partial charge in [0, 0.05) is 29.8 Å². The number of aromatic nitrogens is 1. The van der Waals surface area contributed by atoms with E-state index in [4.69, 9.17) is 10.5 Å². The molecule has 150 valence electrons. The molecule has 2 fully saturated rings. The zero-order valence-corrected chi connectivity index (χ0v) is 17.3. The number of carbonyl (C=O) groups is 1. The van der Waals surface area contributed by atoms with Crippen LogP contribution in [0.5, 0.6) is 0 Å². The molecule has 6 nitrogen and oxygen atoms in total. The van der Waals surface area contributed by atoms with Crippen LogP contribution < -0.4 is 5.73 Å². The number of anilines is 1. The summed E-state index contributed by atoms with van der Waals surface area (Å²) >= 11 is 1.59. The maximum absolute atomic E-state index is 13.0. The molecule has 2 heterocycles. The van der Waals surface area contributed by atoms with E-state index in [1.54, 1.807) is 11.3 Å². The molecule has 3 N–H and O–H groups in total. The number of morpholine rings is 1. The number of hydrogen-bond acceptors (Lipinski definition) is 6. The van der Waals surface area contributed by atoms with Crippen molar-refractivity contribution in [1.29, 1.82) is 0 Å². The third kappa shape index (κ3) is 3.17. The Bertz CT molecular complexity index is 717. The minimum Gasteiger partial charge on any atom is -0.392 e. The Balaban J connectivity index is 1.56. The lowest BCUT2D eigenvalue weighted by Crippen LogP contribution is -2.54. The molecule has 0 bridgehead atoms. The number of nitrogen functional groups attached to an aromatic ring is 1. The zero-order chi connectivity index (χ0) is 19.3. The van der Waals surface area contributed by atoms with Crippen LogP contribution >= 0.6 is 11.3 Å². The number of hydrogen-bond donors (Lipinski definition) is 2. The Kier molecular flexibility index (Phi) is 4.97. The number of nitrogens with zero attached hydrogens (tertiary/aromatic N) is 2. The van der Waals surface area contributed by atoms with Gasteiger partial charge in [0.05, 0.1) is 25.0 Å². The van der Waals surface area contributed by atoms with E-state index in [0.29, 0.717) is 31.4 Å². The monoisotopic (exact) mass is 393 g/mol. The smallest absolute Gasteiger partial charge is 0.225 e. The van der Waals surface area contributed by atoms with E-state index in [1.807, 2.05) is 11.8 Å². The molecule has 7 heteroatoms. The van der Waals surface area contributed by atoms with Crippen molar-refractivity contribution in [2.75, 3.05) is 32.0 Å². The SMILES string of the molecule is C[C@H](C(=O)N1CCOCC1)[C@H]1CC[C@]2(C)Cc3sc(N)nc3[C@H](C)[C@@H]2[C@H]1O. The number of ether oxygens (including phenoxy) is 1. The summed E-state index contributed by atoms with van der Waals surface area (Å²) in [7, 11) is 0. The number of aliphatic hydroxyl groups excluding tert-OH is 1. The Labute approximate surface area is 165 Å². The number of aliphatic hydroxyl groups is 1. The van der Waals surface area contributed by atoms with Gasteiger partial charge in [-0.2, -0.15) is 0 Å². The van der Waals surface area contributed by atoms with Gasteiger partial charge in [-0.05, 0) is 36.5 Å². The molecule has 1 aliphatic heterocycles. The molecule has 1 saturated heterocycles. The second kappa shape index (κ2) is 7.01. The van der Waals surface area contributed by atoms with Gasteiger partial charge in [0.1, 0.15) is 0 Å². The van der Waals surface area contributed by atoms with Gasteiger partial charge in [0.25, 0.3) is 0 Å². The van der Waals surface area contributed by atoms with Crippen LogP contribution in [0, 0.1) is 23.2 Å². The molecule has 0 aromatic carbocycles. The number of rotatable bonds is 2. The summed E-state index contributed by atoms with van der Waals surface area (Å²) in [5.41, 5.74) is 7.08. The fourth-order valence-corrected chi connectivity index (χ4v) is 6.95. The van der Waals surface area contributed by atoms with E-state index in [1.165, 1.54) is 4.88 Å². The third-order valence-electron chi connectivity index (χ3n) is 7.29. The predicted octanol–water partition coefficient (Wildman–Crippen LogP) is 2.27. The quantitative estimate of drug-likeness (QED) is 0.805. The van der Waals surface area contributed by atoms with Crippen molar-refractivity contribution in [1.82, 2.24) is 9.88 Å². The van der Waals surface area contributed by atoms with Crippen molar-refractivity contribution in [2.24, 2.45) is 23.2 Å². The third-order valence-corrected chi connectivity index (χ3v) is 8.19. The first-order valence-corrected chi connectivity index (χ1v) is 10.9. The van der Waals surface area contributed by atoms with Crippen molar-refractivity contribution < 1.29 is 14.6 Å². The normalized spacial score (nSPS) is 37.4. The van der Waals surface area contributed by atoms with E-state index in [0.717, 1.165) is 25.0 Å². The molecule has 27 heavy (non-hydrogen) atoms. The molecule has 1 saturated carbocycles. The molecule has 1 aromatic rings. The number of fused-ring (bicyclic) bond motifs is 2. The first kappa shape index (κ1) is 19.2. The number of amides is 1. The number of thiazole rings is 1. The highest BCUT2D eigenvalue weighted by molar-refractivity contribution is 7.15.